The van der Waals surface area contributed by atoms with Gasteiger partial charge < -0.3 is 33.9 Å². The van der Waals surface area contributed by atoms with Crippen LogP contribution in [0.15, 0.2) is 79.4 Å². The number of benzene rings is 2. The summed E-state index contributed by atoms with van der Waals surface area (Å²) in [6.45, 7) is 3.76. The molecule has 1 fully saturated rings. The zero-order valence-electron chi connectivity index (χ0n) is 23.0. The zero-order chi connectivity index (χ0) is 28.5. The van der Waals surface area contributed by atoms with E-state index in [2.05, 4.69) is 14.9 Å². The van der Waals surface area contributed by atoms with Crippen molar-refractivity contribution < 1.29 is 19.5 Å². The normalized spacial score (nSPS) is 16.7. The van der Waals surface area contributed by atoms with Gasteiger partial charge in [0.05, 0.1) is 42.9 Å². The van der Waals surface area contributed by atoms with Crippen LogP contribution in [0.25, 0.3) is 22.3 Å². The Hall–Kier alpha value is -4.36. The van der Waals surface area contributed by atoms with Crippen molar-refractivity contribution in [2.45, 2.75) is 19.2 Å². The van der Waals surface area contributed by atoms with Crippen molar-refractivity contribution in [1.82, 2.24) is 24.5 Å². The van der Waals surface area contributed by atoms with Crippen LogP contribution in [-0.4, -0.2) is 74.5 Å². The van der Waals surface area contributed by atoms with Gasteiger partial charge in [0.1, 0.15) is 12.5 Å². The van der Waals surface area contributed by atoms with Crippen LogP contribution >= 0.6 is 0 Å². The standard InChI is InChI=1S/C30H30BN7O4/c39-31(40)24-17-38(23-8-10-32-11-9-23)29-27(24)28(34-30(35-29)36-12-14-41-15-13-36)22-6-7-26-25(16-22)33-19-37(26)20-42-18-21-4-2-1-3-5-21/h1-11,16,19,24,39-40H,12-15,17-18,20H2. The lowest BCUT2D eigenvalue weighted by molar-refractivity contribution is 0.0664. The number of hydrogen-bond acceptors (Lipinski definition) is 10. The molecule has 212 valence electrons. The van der Waals surface area contributed by atoms with Crippen LogP contribution < -0.4 is 9.80 Å². The van der Waals surface area contributed by atoms with E-state index in [1.807, 2.05) is 70.1 Å². The third-order valence-corrected chi connectivity index (χ3v) is 7.78. The lowest BCUT2D eigenvalue weighted by Crippen LogP contribution is -2.37. The largest absolute Gasteiger partial charge is 0.461 e. The lowest BCUT2D eigenvalue weighted by Gasteiger charge is -2.28. The molecule has 0 aliphatic carbocycles. The second kappa shape index (κ2) is 11.5. The van der Waals surface area contributed by atoms with Gasteiger partial charge in [-0.1, -0.05) is 36.4 Å². The van der Waals surface area contributed by atoms with Crippen molar-refractivity contribution in [2.24, 2.45) is 0 Å². The molecule has 42 heavy (non-hydrogen) atoms. The minimum Gasteiger partial charge on any atom is -0.427 e. The van der Waals surface area contributed by atoms with Gasteiger partial charge in [0.2, 0.25) is 5.95 Å². The number of morpholine rings is 1. The Bertz CT molecular complexity index is 1680. The molecular formula is C30H30BN7O4. The van der Waals surface area contributed by atoms with E-state index in [0.29, 0.717) is 69.2 Å². The highest BCUT2D eigenvalue weighted by molar-refractivity contribution is 6.44. The van der Waals surface area contributed by atoms with Crippen LogP contribution in [0.2, 0.25) is 0 Å². The summed E-state index contributed by atoms with van der Waals surface area (Å²) >= 11 is 0. The molecule has 1 unspecified atom stereocenters. The van der Waals surface area contributed by atoms with E-state index in [1.165, 1.54) is 0 Å². The number of fused-ring (bicyclic) bond motifs is 2. The Morgan fingerprint density at radius 3 is 2.57 bits per heavy atom. The Morgan fingerprint density at radius 1 is 0.976 bits per heavy atom. The van der Waals surface area contributed by atoms with Gasteiger partial charge in [-0.05, 0) is 29.8 Å². The van der Waals surface area contributed by atoms with E-state index in [0.717, 1.165) is 27.8 Å². The zero-order valence-corrected chi connectivity index (χ0v) is 23.0. The molecule has 2 aliphatic heterocycles. The van der Waals surface area contributed by atoms with E-state index in [4.69, 9.17) is 19.4 Å². The molecule has 1 saturated heterocycles. The molecule has 0 radical (unpaired) electrons. The van der Waals surface area contributed by atoms with Crippen LogP contribution in [0.3, 0.4) is 0 Å². The molecule has 0 saturated carbocycles. The monoisotopic (exact) mass is 563 g/mol. The maximum atomic E-state index is 10.5. The Labute approximate surface area is 243 Å². The molecule has 0 bridgehead atoms. The molecular weight excluding hydrogens is 533 g/mol. The summed E-state index contributed by atoms with van der Waals surface area (Å²) in [5, 5.41) is 21.0. The highest BCUT2D eigenvalue weighted by atomic mass is 16.5. The predicted octanol–water partition coefficient (Wildman–Crippen LogP) is 3.15. The first-order valence-corrected chi connectivity index (χ1v) is 14.0. The van der Waals surface area contributed by atoms with Crippen molar-refractivity contribution in [3.05, 3.63) is 90.5 Å². The number of ether oxygens (including phenoxy) is 2. The molecule has 11 nitrogen and oxygen atoms in total. The van der Waals surface area contributed by atoms with Crippen LogP contribution in [0, 0.1) is 0 Å². The fourth-order valence-corrected chi connectivity index (χ4v) is 5.64. The molecule has 2 N–H and O–H groups in total. The van der Waals surface area contributed by atoms with Crippen molar-refractivity contribution in [1.29, 1.82) is 0 Å². The quantitative estimate of drug-likeness (QED) is 0.272. The Morgan fingerprint density at radius 2 is 1.79 bits per heavy atom. The van der Waals surface area contributed by atoms with Crippen molar-refractivity contribution in [2.75, 3.05) is 42.6 Å². The van der Waals surface area contributed by atoms with Gasteiger partial charge in [-0.2, -0.15) is 4.98 Å². The first-order chi connectivity index (χ1) is 20.7. The smallest absolute Gasteiger partial charge is 0.427 e. The van der Waals surface area contributed by atoms with Crippen LogP contribution in [0.1, 0.15) is 16.9 Å². The van der Waals surface area contributed by atoms with Gasteiger partial charge in [0, 0.05) is 54.7 Å². The lowest BCUT2D eigenvalue weighted by atomic mass is 9.69. The number of nitrogens with zero attached hydrogens (tertiary/aromatic N) is 7. The van der Waals surface area contributed by atoms with E-state index in [-0.39, 0.29) is 0 Å². The van der Waals surface area contributed by atoms with E-state index < -0.39 is 12.9 Å². The number of aromatic nitrogens is 5. The molecule has 3 aromatic heterocycles. The number of imidazole rings is 1. The average molecular weight is 563 g/mol. The molecule has 5 aromatic rings. The Balaban J connectivity index is 1.28. The van der Waals surface area contributed by atoms with Gasteiger partial charge >= 0.3 is 7.12 Å². The highest BCUT2D eigenvalue weighted by Crippen LogP contribution is 2.45. The van der Waals surface area contributed by atoms with Gasteiger partial charge in [-0.15, -0.1) is 0 Å². The molecule has 5 heterocycles. The van der Waals surface area contributed by atoms with Gasteiger partial charge in [0.25, 0.3) is 0 Å². The molecule has 2 aromatic carbocycles. The van der Waals surface area contributed by atoms with E-state index in [1.54, 1.807) is 18.7 Å². The minimum atomic E-state index is -1.59. The Kier molecular flexibility index (Phi) is 7.26. The summed E-state index contributed by atoms with van der Waals surface area (Å²) in [5.41, 5.74) is 5.89. The number of rotatable bonds is 8. The third-order valence-electron chi connectivity index (χ3n) is 7.78. The second-order valence-electron chi connectivity index (χ2n) is 10.4. The molecule has 7 rings (SSSR count). The van der Waals surface area contributed by atoms with Crippen LogP contribution in [0.4, 0.5) is 17.5 Å². The fourth-order valence-electron chi connectivity index (χ4n) is 5.64. The minimum absolute atomic E-state index is 0.348. The van der Waals surface area contributed by atoms with Crippen molar-refractivity contribution in [3.63, 3.8) is 0 Å². The predicted molar refractivity (Wildman–Crippen MR) is 159 cm³/mol. The third kappa shape index (κ3) is 5.09. The highest BCUT2D eigenvalue weighted by Gasteiger charge is 2.41. The first-order valence-electron chi connectivity index (χ1n) is 14.0. The number of anilines is 3. The average Bonchev–Trinajstić information content (AvgIpc) is 3.63. The molecule has 2 aliphatic rings. The number of hydrogen-bond donors (Lipinski definition) is 2. The maximum Gasteiger partial charge on any atom is 0.461 e. The maximum absolute atomic E-state index is 10.5. The van der Waals surface area contributed by atoms with E-state index in [9.17, 15) is 10.0 Å². The topological polar surface area (TPSA) is 122 Å². The summed E-state index contributed by atoms with van der Waals surface area (Å²) in [7, 11) is -1.59. The molecule has 12 heteroatoms. The van der Waals surface area contributed by atoms with Crippen molar-refractivity contribution >= 4 is 35.6 Å². The first kappa shape index (κ1) is 26.5. The van der Waals surface area contributed by atoms with E-state index >= 15 is 0 Å². The summed E-state index contributed by atoms with van der Waals surface area (Å²) < 4.78 is 13.5. The van der Waals surface area contributed by atoms with Gasteiger partial charge in [-0.25, -0.2) is 9.97 Å². The SMILES string of the molecule is OB(O)C1CN(c2ccncc2)c2nc(N3CCOCC3)nc(-c3ccc4c(c3)ncn4COCc3ccccc3)c21. The van der Waals surface area contributed by atoms with Gasteiger partial charge in [0.15, 0.2) is 0 Å². The number of pyridine rings is 1. The summed E-state index contributed by atoms with van der Waals surface area (Å²) in [6.07, 6.45) is 5.21. The van der Waals surface area contributed by atoms with Crippen LogP contribution in [-0.2, 0) is 22.8 Å². The summed E-state index contributed by atoms with van der Waals surface area (Å²) in [4.78, 5) is 22.9. The summed E-state index contributed by atoms with van der Waals surface area (Å²) in [5.74, 6) is 0.631. The molecule has 0 amide bonds. The summed E-state index contributed by atoms with van der Waals surface area (Å²) in [6, 6.07) is 19.8. The second-order valence-corrected chi connectivity index (χ2v) is 10.4. The fraction of sp³-hybridized carbons (Fsp3) is 0.267. The van der Waals surface area contributed by atoms with Crippen molar-refractivity contribution in [3.8, 4) is 11.3 Å². The van der Waals surface area contributed by atoms with Gasteiger partial charge in [-0.3, -0.25) is 4.98 Å². The molecule has 1 atom stereocenters. The van der Waals surface area contributed by atoms with Crippen LogP contribution in [0.5, 0.6) is 0 Å². The molecule has 0 spiro atoms.